The van der Waals surface area contributed by atoms with E-state index < -0.39 is 5.97 Å². The molecule has 0 spiro atoms. The number of allylic oxidation sites excluding steroid dienone is 2. The first kappa shape index (κ1) is 9.88. The van der Waals surface area contributed by atoms with Gasteiger partial charge >= 0.3 is 5.97 Å². The largest absolute Gasteiger partial charge is 0.478 e. The summed E-state index contributed by atoms with van der Waals surface area (Å²) >= 11 is 0. The SMILES string of the molecule is C=C(C)C(=O)O.FC1=CCC1. The van der Waals surface area contributed by atoms with Crippen molar-refractivity contribution < 1.29 is 14.3 Å². The van der Waals surface area contributed by atoms with Gasteiger partial charge in [-0.15, -0.1) is 0 Å². The first-order chi connectivity index (χ1) is 5.04. The van der Waals surface area contributed by atoms with Crippen LogP contribution in [-0.4, -0.2) is 11.1 Å². The summed E-state index contributed by atoms with van der Waals surface area (Å²) in [7, 11) is 0. The van der Waals surface area contributed by atoms with Crippen molar-refractivity contribution >= 4 is 5.97 Å². The number of carboxylic acids is 1. The highest BCUT2D eigenvalue weighted by atomic mass is 19.1. The van der Waals surface area contributed by atoms with E-state index in [0.717, 1.165) is 6.42 Å². The molecule has 0 radical (unpaired) electrons. The third kappa shape index (κ3) is 5.33. The van der Waals surface area contributed by atoms with Crippen LogP contribution in [0.4, 0.5) is 4.39 Å². The summed E-state index contributed by atoms with van der Waals surface area (Å²) in [6.07, 6.45) is 3.23. The molecule has 0 unspecified atom stereocenters. The number of hydrogen-bond acceptors (Lipinski definition) is 1. The Morgan fingerprint density at radius 2 is 2.09 bits per heavy atom. The number of halogens is 1. The van der Waals surface area contributed by atoms with E-state index in [-0.39, 0.29) is 11.4 Å². The molecule has 0 saturated heterocycles. The van der Waals surface area contributed by atoms with E-state index in [4.69, 9.17) is 5.11 Å². The van der Waals surface area contributed by atoms with Crippen LogP contribution in [0.15, 0.2) is 24.1 Å². The smallest absolute Gasteiger partial charge is 0.330 e. The monoisotopic (exact) mass is 158 g/mol. The van der Waals surface area contributed by atoms with E-state index in [1.165, 1.54) is 6.92 Å². The maximum atomic E-state index is 11.4. The fraction of sp³-hybridized carbons (Fsp3) is 0.375. The van der Waals surface area contributed by atoms with Crippen molar-refractivity contribution in [3.63, 3.8) is 0 Å². The number of aliphatic carboxylic acids is 1. The van der Waals surface area contributed by atoms with Crippen molar-refractivity contribution in [2.24, 2.45) is 0 Å². The molecule has 0 saturated carbocycles. The Balaban J connectivity index is 0.000000183. The zero-order valence-electron chi connectivity index (χ0n) is 6.43. The average Bonchev–Trinajstić information content (AvgIpc) is 1.85. The minimum atomic E-state index is -0.935. The number of rotatable bonds is 1. The molecule has 1 aliphatic carbocycles. The fourth-order valence-corrected chi connectivity index (χ4v) is 0.253. The van der Waals surface area contributed by atoms with Gasteiger partial charge in [-0.25, -0.2) is 9.18 Å². The van der Waals surface area contributed by atoms with Crippen molar-refractivity contribution in [1.29, 1.82) is 0 Å². The van der Waals surface area contributed by atoms with Crippen molar-refractivity contribution in [2.75, 3.05) is 0 Å². The normalized spacial score (nSPS) is 13.5. The average molecular weight is 158 g/mol. The molecule has 0 heterocycles. The zero-order chi connectivity index (χ0) is 8.85. The summed E-state index contributed by atoms with van der Waals surface area (Å²) in [5.74, 6) is -0.875. The Bertz CT molecular complexity index is 182. The molecule has 0 aromatic rings. The van der Waals surface area contributed by atoms with Crippen molar-refractivity contribution in [2.45, 2.75) is 19.8 Å². The number of hydrogen-bond donors (Lipinski definition) is 1. The van der Waals surface area contributed by atoms with Crippen LogP contribution in [-0.2, 0) is 4.79 Å². The molecule has 0 aromatic heterocycles. The summed E-state index contributed by atoms with van der Waals surface area (Å²) in [6, 6.07) is 0. The Morgan fingerprint density at radius 1 is 1.82 bits per heavy atom. The molecule has 11 heavy (non-hydrogen) atoms. The quantitative estimate of drug-likeness (QED) is 0.594. The van der Waals surface area contributed by atoms with E-state index in [1.54, 1.807) is 6.08 Å². The molecule has 0 bridgehead atoms. The Morgan fingerprint density at radius 3 is 2.09 bits per heavy atom. The van der Waals surface area contributed by atoms with Gasteiger partial charge in [0.1, 0.15) is 0 Å². The van der Waals surface area contributed by atoms with Crippen molar-refractivity contribution in [1.82, 2.24) is 0 Å². The standard InChI is InChI=1S/C4H5F.C4H6O2/c5-4-2-1-3-4;1-3(2)4(5)6/h2H,1,3H2;1H2,2H3,(H,5,6). The van der Waals surface area contributed by atoms with Crippen LogP contribution in [0.2, 0.25) is 0 Å². The maximum absolute atomic E-state index is 11.4. The fourth-order valence-electron chi connectivity index (χ4n) is 0.253. The van der Waals surface area contributed by atoms with Gasteiger partial charge in [0, 0.05) is 12.0 Å². The van der Waals surface area contributed by atoms with Gasteiger partial charge in [0.25, 0.3) is 0 Å². The minimum absolute atomic E-state index is 0.0602. The Hall–Kier alpha value is -1.12. The number of carboxylic acid groups (broad SMARTS) is 1. The molecular formula is C8H11FO2. The van der Waals surface area contributed by atoms with Crippen LogP contribution in [0.5, 0.6) is 0 Å². The molecular weight excluding hydrogens is 147 g/mol. The van der Waals surface area contributed by atoms with Gasteiger partial charge in [0.15, 0.2) is 0 Å². The third-order valence-corrected chi connectivity index (χ3v) is 1.11. The zero-order valence-corrected chi connectivity index (χ0v) is 6.43. The highest BCUT2D eigenvalue weighted by Crippen LogP contribution is 2.17. The predicted molar refractivity (Wildman–Crippen MR) is 40.9 cm³/mol. The lowest BCUT2D eigenvalue weighted by molar-refractivity contribution is -0.132. The van der Waals surface area contributed by atoms with Crippen molar-refractivity contribution in [3.8, 4) is 0 Å². The van der Waals surface area contributed by atoms with Crippen LogP contribution < -0.4 is 0 Å². The summed E-state index contributed by atoms with van der Waals surface area (Å²) in [6.45, 7) is 4.60. The molecule has 1 rings (SSSR count). The lowest BCUT2D eigenvalue weighted by atomic mass is 10.1. The second-order valence-electron chi connectivity index (χ2n) is 2.28. The first-order valence-corrected chi connectivity index (χ1v) is 3.27. The van der Waals surface area contributed by atoms with E-state index >= 15 is 0 Å². The van der Waals surface area contributed by atoms with Gasteiger partial charge in [0.2, 0.25) is 0 Å². The molecule has 1 N–H and O–H groups in total. The van der Waals surface area contributed by atoms with Gasteiger partial charge in [0.05, 0.1) is 5.83 Å². The van der Waals surface area contributed by atoms with Crippen LogP contribution in [0.25, 0.3) is 0 Å². The van der Waals surface area contributed by atoms with Gasteiger partial charge in [-0.2, -0.15) is 0 Å². The van der Waals surface area contributed by atoms with Crippen LogP contribution in [0.3, 0.4) is 0 Å². The van der Waals surface area contributed by atoms with Crippen molar-refractivity contribution in [3.05, 3.63) is 24.1 Å². The van der Waals surface area contributed by atoms with E-state index in [1.807, 2.05) is 0 Å². The second-order valence-corrected chi connectivity index (χ2v) is 2.28. The van der Waals surface area contributed by atoms with E-state index in [9.17, 15) is 9.18 Å². The lowest BCUT2D eigenvalue weighted by Crippen LogP contribution is -1.92. The summed E-state index contributed by atoms with van der Waals surface area (Å²) in [4.78, 5) is 9.60. The maximum Gasteiger partial charge on any atom is 0.330 e. The van der Waals surface area contributed by atoms with Gasteiger partial charge in [-0.3, -0.25) is 0 Å². The molecule has 0 atom stereocenters. The highest BCUT2D eigenvalue weighted by Gasteiger charge is 2.00. The second kappa shape index (κ2) is 4.66. The molecule has 0 aromatic carbocycles. The summed E-state index contributed by atoms with van der Waals surface area (Å²) in [5, 5.41) is 7.89. The lowest BCUT2D eigenvalue weighted by Gasteiger charge is -2.00. The Kier molecular flexibility index (Phi) is 4.18. The molecule has 2 nitrogen and oxygen atoms in total. The highest BCUT2D eigenvalue weighted by molar-refractivity contribution is 5.84. The Labute approximate surface area is 65.0 Å². The summed E-state index contributed by atoms with van der Waals surface area (Å²) < 4.78 is 11.4. The topological polar surface area (TPSA) is 37.3 Å². The molecule has 0 fully saturated rings. The third-order valence-electron chi connectivity index (χ3n) is 1.11. The van der Waals surface area contributed by atoms with E-state index in [0.29, 0.717) is 6.42 Å². The van der Waals surface area contributed by atoms with Gasteiger partial charge in [-0.1, -0.05) is 12.7 Å². The number of carbonyl (C=O) groups is 1. The summed E-state index contributed by atoms with van der Waals surface area (Å²) in [5.41, 5.74) is 0.176. The molecule has 3 heteroatoms. The van der Waals surface area contributed by atoms with Crippen LogP contribution in [0, 0.1) is 0 Å². The molecule has 62 valence electrons. The van der Waals surface area contributed by atoms with Crippen LogP contribution in [0.1, 0.15) is 19.8 Å². The predicted octanol–water partition coefficient (Wildman–Crippen LogP) is 2.28. The van der Waals surface area contributed by atoms with Gasteiger partial charge < -0.3 is 5.11 Å². The molecule has 1 aliphatic rings. The van der Waals surface area contributed by atoms with Crippen LogP contribution >= 0.6 is 0 Å². The van der Waals surface area contributed by atoms with E-state index in [2.05, 4.69) is 6.58 Å². The molecule has 0 aliphatic heterocycles. The first-order valence-electron chi connectivity index (χ1n) is 3.27. The minimum Gasteiger partial charge on any atom is -0.478 e. The molecule has 0 amide bonds. The van der Waals surface area contributed by atoms with Gasteiger partial charge in [-0.05, 0) is 13.3 Å².